The van der Waals surface area contributed by atoms with Crippen molar-refractivity contribution in [3.63, 3.8) is 0 Å². The molecule has 0 aliphatic carbocycles. The highest BCUT2D eigenvalue weighted by atomic mass is 16.5. The second-order valence-corrected chi connectivity index (χ2v) is 2.71. The molecule has 6 heteroatoms. The number of carboxylic acid groups (broad SMARTS) is 1. The smallest absolute Gasteiger partial charge is 0.216 e. The van der Waals surface area contributed by atoms with Gasteiger partial charge in [-0.3, -0.25) is 4.79 Å². The summed E-state index contributed by atoms with van der Waals surface area (Å²) in [5, 5.41) is 11.9. The van der Waals surface area contributed by atoms with Gasteiger partial charge in [0.15, 0.2) is 0 Å². The number of carbonyl (C=O) groups is 2. The van der Waals surface area contributed by atoms with Gasteiger partial charge in [0.25, 0.3) is 0 Å². The average molecular weight is 252 g/mol. The van der Waals surface area contributed by atoms with Gasteiger partial charge in [-0.15, -0.1) is 0 Å². The predicted molar refractivity (Wildman–Crippen MR) is 65.4 cm³/mol. The van der Waals surface area contributed by atoms with Crippen molar-refractivity contribution in [3.8, 4) is 0 Å². The Morgan fingerprint density at radius 3 is 1.53 bits per heavy atom. The summed E-state index contributed by atoms with van der Waals surface area (Å²) < 4.78 is 4.83. The third-order valence-corrected chi connectivity index (χ3v) is 1.21. The number of aliphatic carboxylic acids is 1. The van der Waals surface area contributed by atoms with Crippen LogP contribution in [0.3, 0.4) is 0 Å². The van der Waals surface area contributed by atoms with Crippen LogP contribution in [0.1, 0.15) is 40.5 Å². The van der Waals surface area contributed by atoms with E-state index in [9.17, 15) is 14.7 Å². The van der Waals surface area contributed by atoms with Crippen LogP contribution in [-0.2, 0) is 14.3 Å². The topological polar surface area (TPSA) is 110 Å². The molecular weight excluding hydrogens is 226 g/mol. The van der Waals surface area contributed by atoms with Crippen LogP contribution >= 0.6 is 0 Å². The molecular formula is C11H26NO5-. The minimum atomic E-state index is -0.961. The van der Waals surface area contributed by atoms with E-state index in [4.69, 9.17) is 4.74 Å². The fourth-order valence-corrected chi connectivity index (χ4v) is 0.408. The molecule has 0 atom stereocenters. The molecule has 0 aliphatic heterocycles. The van der Waals surface area contributed by atoms with Crippen molar-refractivity contribution in [2.45, 2.75) is 40.5 Å². The molecule has 6 nitrogen and oxygen atoms in total. The predicted octanol–water partition coefficient (Wildman–Crippen LogP) is -0.493. The van der Waals surface area contributed by atoms with E-state index in [-0.39, 0.29) is 17.8 Å². The monoisotopic (exact) mass is 252 g/mol. The van der Waals surface area contributed by atoms with Gasteiger partial charge in [0.05, 0.1) is 0 Å². The molecule has 0 aromatic rings. The molecule has 17 heavy (non-hydrogen) atoms. The number of carboxylic acids is 1. The van der Waals surface area contributed by atoms with E-state index in [0.717, 1.165) is 13.2 Å². The lowest BCUT2D eigenvalue weighted by Crippen LogP contribution is -2.20. The fourth-order valence-electron chi connectivity index (χ4n) is 0.408. The van der Waals surface area contributed by atoms with E-state index in [0.29, 0.717) is 6.42 Å². The summed E-state index contributed by atoms with van der Waals surface area (Å²) >= 11 is 0. The number of hydrogen-bond donors (Lipinski definition) is 1. The Balaban J connectivity index is -0.0000000729. The van der Waals surface area contributed by atoms with Crippen molar-refractivity contribution >= 4 is 11.9 Å². The lowest BCUT2D eigenvalue weighted by atomic mass is 10.4. The van der Waals surface area contributed by atoms with E-state index in [1.54, 1.807) is 14.0 Å². The van der Waals surface area contributed by atoms with E-state index < -0.39 is 5.97 Å². The van der Waals surface area contributed by atoms with Crippen molar-refractivity contribution in [3.05, 3.63) is 0 Å². The highest BCUT2D eigenvalue weighted by molar-refractivity contribution is 5.72. The van der Waals surface area contributed by atoms with E-state index in [1.165, 1.54) is 6.92 Å². The second kappa shape index (κ2) is 24.2. The molecule has 1 amide bonds. The summed E-state index contributed by atoms with van der Waals surface area (Å²) in [6, 6.07) is 0. The van der Waals surface area contributed by atoms with Crippen LogP contribution in [0, 0.1) is 0 Å². The average Bonchev–Trinajstić information content (AvgIpc) is 2.20. The van der Waals surface area contributed by atoms with Crippen molar-refractivity contribution in [2.24, 2.45) is 0 Å². The first-order valence-electron chi connectivity index (χ1n) is 5.41. The molecule has 0 heterocycles. The van der Waals surface area contributed by atoms with Crippen molar-refractivity contribution < 1.29 is 24.9 Å². The lowest BCUT2D eigenvalue weighted by Gasteiger charge is -1.92. The number of nitrogens with one attached hydrogen (secondary N) is 1. The summed E-state index contributed by atoms with van der Waals surface area (Å²) in [5.41, 5.74) is 0. The summed E-state index contributed by atoms with van der Waals surface area (Å²) in [4.78, 5) is 19.2. The summed E-state index contributed by atoms with van der Waals surface area (Å²) in [7, 11) is 1.60. The second-order valence-electron chi connectivity index (χ2n) is 2.71. The number of ether oxygens (including phenoxy) is 1. The van der Waals surface area contributed by atoms with Crippen molar-refractivity contribution in [1.29, 1.82) is 0 Å². The van der Waals surface area contributed by atoms with Gasteiger partial charge in [-0.1, -0.05) is 13.3 Å². The Kier molecular flexibility index (Phi) is 35.4. The fraction of sp³-hybridized carbons (Fsp3) is 0.818. The van der Waals surface area contributed by atoms with Crippen LogP contribution in [0.5, 0.6) is 0 Å². The lowest BCUT2D eigenvalue weighted by molar-refractivity contribution is -0.305. The molecule has 0 radical (unpaired) electrons. The molecule has 0 spiro atoms. The van der Waals surface area contributed by atoms with Crippen LogP contribution in [0.15, 0.2) is 0 Å². The molecule has 0 bridgehead atoms. The van der Waals surface area contributed by atoms with Gasteiger partial charge in [0.1, 0.15) is 0 Å². The zero-order valence-electron chi connectivity index (χ0n) is 11.5. The zero-order valence-corrected chi connectivity index (χ0v) is 11.5. The Morgan fingerprint density at radius 2 is 1.53 bits per heavy atom. The Bertz CT molecular complexity index is 160. The molecule has 106 valence electrons. The van der Waals surface area contributed by atoms with Gasteiger partial charge in [0, 0.05) is 33.2 Å². The van der Waals surface area contributed by atoms with E-state index >= 15 is 0 Å². The largest absolute Gasteiger partial charge is 0.550 e. The third kappa shape index (κ3) is 71.6. The molecule has 0 aliphatic rings. The van der Waals surface area contributed by atoms with Crippen LogP contribution < -0.4 is 10.4 Å². The number of rotatable bonds is 4. The standard InChI is InChI=1S/C4H8O2.C4H10O.C3H7NO.H2O/c1-2-3-4(5)6;1-3-5-4-2;1-3(5)4-2;/h2-3H2,1H3,(H,5,6);3-4H2,1-2H3;1-2H3,(H,4,5);1H2/p-1. The van der Waals surface area contributed by atoms with Crippen molar-refractivity contribution in [1.82, 2.24) is 5.32 Å². The highest BCUT2D eigenvalue weighted by Gasteiger charge is 1.75. The molecule has 0 rings (SSSR count). The van der Waals surface area contributed by atoms with Crippen LogP contribution in [-0.4, -0.2) is 37.6 Å². The SMILES string of the molecule is CCCC(=O)[O-].CCOCC.CNC(C)=O.O. The van der Waals surface area contributed by atoms with Gasteiger partial charge < -0.3 is 25.4 Å². The molecule has 0 saturated carbocycles. The minimum Gasteiger partial charge on any atom is -0.550 e. The quantitative estimate of drug-likeness (QED) is 0.727. The highest BCUT2D eigenvalue weighted by Crippen LogP contribution is 1.79. The number of amides is 1. The van der Waals surface area contributed by atoms with Gasteiger partial charge >= 0.3 is 0 Å². The normalized spacial score (nSPS) is 7.35. The van der Waals surface area contributed by atoms with Crippen LogP contribution in [0.2, 0.25) is 0 Å². The maximum atomic E-state index is 9.70. The Labute approximate surface area is 104 Å². The van der Waals surface area contributed by atoms with Crippen LogP contribution in [0.25, 0.3) is 0 Å². The van der Waals surface area contributed by atoms with Crippen molar-refractivity contribution in [2.75, 3.05) is 20.3 Å². The Morgan fingerprint density at radius 1 is 1.18 bits per heavy atom. The zero-order chi connectivity index (χ0) is 13.4. The van der Waals surface area contributed by atoms with E-state index in [1.807, 2.05) is 13.8 Å². The molecule has 0 aromatic carbocycles. The summed E-state index contributed by atoms with van der Waals surface area (Å²) in [6.07, 6.45) is 0.850. The number of hydrogen-bond acceptors (Lipinski definition) is 4. The van der Waals surface area contributed by atoms with Gasteiger partial charge in [-0.05, 0) is 20.3 Å². The van der Waals surface area contributed by atoms with Gasteiger partial charge in [-0.25, -0.2) is 0 Å². The molecule has 0 saturated heterocycles. The maximum Gasteiger partial charge on any atom is 0.216 e. The Hall–Kier alpha value is -1.14. The van der Waals surface area contributed by atoms with E-state index in [2.05, 4.69) is 5.32 Å². The van der Waals surface area contributed by atoms with Gasteiger partial charge in [-0.2, -0.15) is 0 Å². The first-order chi connectivity index (χ1) is 7.45. The molecule has 0 fully saturated rings. The maximum absolute atomic E-state index is 9.70. The molecule has 3 N–H and O–H groups in total. The van der Waals surface area contributed by atoms with Crippen LogP contribution in [0.4, 0.5) is 0 Å². The third-order valence-electron chi connectivity index (χ3n) is 1.21. The summed E-state index contributed by atoms with van der Waals surface area (Å²) in [5.74, 6) is -0.956. The van der Waals surface area contributed by atoms with Gasteiger partial charge in [0.2, 0.25) is 5.91 Å². The summed E-state index contributed by atoms with van der Waals surface area (Å²) in [6.45, 7) is 8.94. The first kappa shape index (κ1) is 24.9. The number of carbonyl (C=O) groups excluding carboxylic acids is 2. The molecule has 0 aromatic heterocycles. The minimum absolute atomic E-state index is 0. The first-order valence-corrected chi connectivity index (χ1v) is 5.41. The molecule has 0 unspecified atom stereocenters.